The first-order valence-electron chi connectivity index (χ1n) is 5.24. The molecule has 0 saturated carbocycles. The highest BCUT2D eigenvalue weighted by Crippen LogP contribution is 1.97. The molecule has 92 valence electrons. The predicted molar refractivity (Wildman–Crippen MR) is 62.3 cm³/mol. The van der Waals surface area contributed by atoms with Crippen LogP contribution in [0.1, 0.15) is 31.3 Å². The first-order chi connectivity index (χ1) is 7.88. The van der Waals surface area contributed by atoms with Crippen molar-refractivity contribution in [2.45, 2.75) is 26.3 Å². The summed E-state index contributed by atoms with van der Waals surface area (Å²) >= 11 is 0. The van der Waals surface area contributed by atoms with Crippen LogP contribution in [0.3, 0.4) is 0 Å². The van der Waals surface area contributed by atoms with E-state index in [-0.39, 0.29) is 23.7 Å². The van der Waals surface area contributed by atoms with E-state index >= 15 is 0 Å². The molecule has 6 nitrogen and oxygen atoms in total. The molecule has 0 aliphatic heterocycles. The minimum atomic E-state index is -0.415. The third-order valence-electron chi connectivity index (χ3n) is 1.72. The van der Waals surface area contributed by atoms with Gasteiger partial charge in [0, 0.05) is 17.9 Å². The molecule has 0 unspecified atom stereocenters. The number of amides is 2. The molecule has 0 fully saturated rings. The summed E-state index contributed by atoms with van der Waals surface area (Å²) in [7, 11) is 0. The molecule has 0 aliphatic carbocycles. The zero-order chi connectivity index (χ0) is 12.9. The first kappa shape index (κ1) is 13.1. The van der Waals surface area contributed by atoms with Crippen LogP contribution >= 0.6 is 0 Å². The average molecular weight is 236 g/mol. The van der Waals surface area contributed by atoms with Crippen molar-refractivity contribution in [3.63, 3.8) is 0 Å². The van der Waals surface area contributed by atoms with Crippen molar-refractivity contribution in [1.29, 1.82) is 0 Å². The van der Waals surface area contributed by atoms with E-state index in [2.05, 4.69) is 20.6 Å². The lowest BCUT2D eigenvalue weighted by Crippen LogP contribution is -2.45. The van der Waals surface area contributed by atoms with Gasteiger partial charge in [0.2, 0.25) is 5.91 Å². The number of nitrogens with zero attached hydrogens (tertiary/aromatic N) is 2. The lowest BCUT2D eigenvalue weighted by Gasteiger charge is -2.20. The topological polar surface area (TPSA) is 84.0 Å². The molecule has 0 aromatic carbocycles. The zero-order valence-electron chi connectivity index (χ0n) is 10.2. The van der Waals surface area contributed by atoms with Gasteiger partial charge in [-0.2, -0.15) is 0 Å². The smallest absolute Gasteiger partial charge is 0.271 e. The van der Waals surface area contributed by atoms with Gasteiger partial charge in [0.25, 0.3) is 5.91 Å². The minimum absolute atomic E-state index is 0.0767. The fraction of sp³-hybridized carbons (Fsp3) is 0.455. The monoisotopic (exact) mass is 236 g/mol. The summed E-state index contributed by atoms with van der Waals surface area (Å²) < 4.78 is 0. The van der Waals surface area contributed by atoms with E-state index in [4.69, 9.17) is 0 Å². The highest BCUT2D eigenvalue weighted by Gasteiger charge is 2.14. The average Bonchev–Trinajstić information content (AvgIpc) is 2.25. The van der Waals surface area contributed by atoms with Crippen molar-refractivity contribution >= 4 is 11.8 Å². The van der Waals surface area contributed by atoms with Gasteiger partial charge in [-0.25, -0.2) is 4.98 Å². The van der Waals surface area contributed by atoms with Crippen LogP contribution in [-0.4, -0.2) is 33.9 Å². The third kappa shape index (κ3) is 5.05. The van der Waals surface area contributed by atoms with Crippen LogP contribution in [0, 0.1) is 0 Å². The van der Waals surface area contributed by atoms with Crippen LogP contribution in [0.4, 0.5) is 0 Å². The lowest BCUT2D eigenvalue weighted by molar-refractivity contribution is -0.121. The normalized spacial score (nSPS) is 10.8. The van der Waals surface area contributed by atoms with E-state index in [9.17, 15) is 9.59 Å². The van der Waals surface area contributed by atoms with Gasteiger partial charge in [-0.1, -0.05) is 0 Å². The second kappa shape index (κ2) is 5.38. The Balaban J connectivity index is 2.42. The summed E-state index contributed by atoms with van der Waals surface area (Å²) in [4.78, 5) is 30.5. The number of nitrogens with one attached hydrogen (secondary N) is 2. The summed E-state index contributed by atoms with van der Waals surface area (Å²) in [5.41, 5.74) is -0.120. The Bertz CT molecular complexity index is 398. The molecule has 2 amide bonds. The second-order valence-electron chi connectivity index (χ2n) is 4.57. The van der Waals surface area contributed by atoms with Crippen molar-refractivity contribution in [2.24, 2.45) is 0 Å². The minimum Gasteiger partial charge on any atom is -0.350 e. The standard InChI is InChI=1S/C11H16N4O2/c1-11(2,3)15-9(16)7-14-10(17)8-6-12-4-5-13-8/h4-6H,7H2,1-3H3,(H,14,17)(H,15,16). The van der Waals surface area contributed by atoms with E-state index in [1.807, 2.05) is 20.8 Å². The van der Waals surface area contributed by atoms with Crippen molar-refractivity contribution in [2.75, 3.05) is 6.54 Å². The Labute approximate surface area is 99.8 Å². The number of carbonyl (C=O) groups is 2. The van der Waals surface area contributed by atoms with E-state index in [1.165, 1.54) is 18.6 Å². The molecule has 0 bridgehead atoms. The number of carbonyl (C=O) groups excluding carboxylic acids is 2. The summed E-state index contributed by atoms with van der Waals surface area (Å²) in [6, 6.07) is 0. The van der Waals surface area contributed by atoms with Gasteiger partial charge in [-0.3, -0.25) is 14.6 Å². The Morgan fingerprint density at radius 1 is 1.29 bits per heavy atom. The van der Waals surface area contributed by atoms with Crippen LogP contribution in [0.5, 0.6) is 0 Å². The van der Waals surface area contributed by atoms with Gasteiger partial charge in [0.15, 0.2) is 0 Å². The van der Waals surface area contributed by atoms with E-state index < -0.39 is 5.91 Å². The van der Waals surface area contributed by atoms with E-state index in [0.717, 1.165) is 0 Å². The Morgan fingerprint density at radius 3 is 2.53 bits per heavy atom. The molecular weight excluding hydrogens is 220 g/mol. The number of hydrogen-bond donors (Lipinski definition) is 2. The molecule has 1 aromatic rings. The van der Waals surface area contributed by atoms with Gasteiger partial charge in [-0.05, 0) is 20.8 Å². The van der Waals surface area contributed by atoms with Crippen molar-refractivity contribution in [3.05, 3.63) is 24.3 Å². The largest absolute Gasteiger partial charge is 0.350 e. The molecule has 0 saturated heterocycles. The molecule has 0 aliphatic rings. The van der Waals surface area contributed by atoms with Crippen LogP contribution in [0.2, 0.25) is 0 Å². The van der Waals surface area contributed by atoms with Gasteiger partial charge in [-0.15, -0.1) is 0 Å². The summed E-state index contributed by atoms with van der Waals surface area (Å²) in [6.07, 6.45) is 4.24. The molecule has 1 aromatic heterocycles. The highest BCUT2D eigenvalue weighted by molar-refractivity contribution is 5.94. The summed E-state index contributed by atoms with van der Waals surface area (Å²) in [6.45, 7) is 5.53. The Kier molecular flexibility index (Phi) is 4.14. The van der Waals surface area contributed by atoms with Crippen LogP contribution in [0.25, 0.3) is 0 Å². The first-order valence-corrected chi connectivity index (χ1v) is 5.24. The van der Waals surface area contributed by atoms with Gasteiger partial charge < -0.3 is 10.6 Å². The fourth-order valence-corrected chi connectivity index (χ4v) is 1.13. The number of hydrogen-bond acceptors (Lipinski definition) is 4. The molecule has 0 spiro atoms. The maximum Gasteiger partial charge on any atom is 0.271 e. The molecule has 6 heteroatoms. The molecule has 17 heavy (non-hydrogen) atoms. The van der Waals surface area contributed by atoms with Gasteiger partial charge in [0.1, 0.15) is 5.69 Å². The molecule has 0 radical (unpaired) electrons. The third-order valence-corrected chi connectivity index (χ3v) is 1.72. The second-order valence-corrected chi connectivity index (χ2v) is 4.57. The van der Waals surface area contributed by atoms with E-state index in [0.29, 0.717) is 0 Å². The van der Waals surface area contributed by atoms with Crippen LogP contribution in [0.15, 0.2) is 18.6 Å². The maximum absolute atomic E-state index is 11.5. The van der Waals surface area contributed by atoms with Crippen molar-refractivity contribution in [1.82, 2.24) is 20.6 Å². The number of aromatic nitrogens is 2. The molecule has 0 atom stereocenters. The quantitative estimate of drug-likeness (QED) is 0.780. The van der Waals surface area contributed by atoms with Crippen molar-refractivity contribution < 1.29 is 9.59 Å². The van der Waals surface area contributed by atoms with Crippen molar-refractivity contribution in [3.8, 4) is 0 Å². The van der Waals surface area contributed by atoms with Crippen LogP contribution < -0.4 is 10.6 Å². The summed E-state index contributed by atoms with van der Waals surface area (Å²) in [5, 5.41) is 5.20. The van der Waals surface area contributed by atoms with Gasteiger partial charge in [0.05, 0.1) is 12.7 Å². The summed E-state index contributed by atoms with van der Waals surface area (Å²) in [5.74, 6) is -0.656. The zero-order valence-corrected chi connectivity index (χ0v) is 10.2. The van der Waals surface area contributed by atoms with Gasteiger partial charge >= 0.3 is 0 Å². The predicted octanol–water partition coefficient (Wildman–Crippen LogP) is 0.121. The molecule has 1 heterocycles. The fourth-order valence-electron chi connectivity index (χ4n) is 1.13. The Morgan fingerprint density at radius 2 is 2.00 bits per heavy atom. The molecular formula is C11H16N4O2. The van der Waals surface area contributed by atoms with Crippen LogP contribution in [-0.2, 0) is 4.79 Å². The Hall–Kier alpha value is -1.98. The molecule has 1 rings (SSSR count). The lowest BCUT2D eigenvalue weighted by atomic mass is 10.1. The molecule has 2 N–H and O–H groups in total. The SMILES string of the molecule is CC(C)(C)NC(=O)CNC(=O)c1cnccn1. The maximum atomic E-state index is 11.5. The highest BCUT2D eigenvalue weighted by atomic mass is 16.2. The number of rotatable bonds is 3. The van der Waals surface area contributed by atoms with E-state index in [1.54, 1.807) is 0 Å².